The standard InChI is InChI=1S/C11H12BrClN4/c1-6(2)10-11(14)15-16-17(10)7-3-4-9(13)8(12)5-7/h3-6H,14H2,1-2H3. The summed E-state index contributed by atoms with van der Waals surface area (Å²) in [6, 6.07) is 5.58. The van der Waals surface area contributed by atoms with Crippen LogP contribution in [0.1, 0.15) is 25.5 Å². The summed E-state index contributed by atoms with van der Waals surface area (Å²) in [7, 11) is 0. The molecule has 0 amide bonds. The van der Waals surface area contributed by atoms with Gasteiger partial charge in [-0.25, -0.2) is 4.68 Å². The summed E-state index contributed by atoms with van der Waals surface area (Å²) in [6.07, 6.45) is 0. The highest BCUT2D eigenvalue weighted by Gasteiger charge is 2.15. The molecule has 0 fully saturated rings. The van der Waals surface area contributed by atoms with Crippen molar-refractivity contribution in [1.29, 1.82) is 0 Å². The van der Waals surface area contributed by atoms with E-state index in [-0.39, 0.29) is 5.92 Å². The van der Waals surface area contributed by atoms with Crippen LogP contribution in [0, 0.1) is 0 Å². The number of halogens is 2. The van der Waals surface area contributed by atoms with Gasteiger partial charge in [0.05, 0.1) is 16.4 Å². The van der Waals surface area contributed by atoms with Gasteiger partial charge in [0.15, 0.2) is 5.82 Å². The molecule has 17 heavy (non-hydrogen) atoms. The van der Waals surface area contributed by atoms with Crippen molar-refractivity contribution < 1.29 is 0 Å². The van der Waals surface area contributed by atoms with Crippen LogP contribution in [-0.4, -0.2) is 15.0 Å². The first kappa shape index (κ1) is 12.4. The Morgan fingerprint density at radius 3 is 2.71 bits per heavy atom. The lowest BCUT2D eigenvalue weighted by Crippen LogP contribution is -2.05. The van der Waals surface area contributed by atoms with Crippen molar-refractivity contribution in [2.24, 2.45) is 0 Å². The van der Waals surface area contributed by atoms with Crippen LogP contribution in [0.4, 0.5) is 5.82 Å². The Morgan fingerprint density at radius 1 is 1.41 bits per heavy atom. The van der Waals surface area contributed by atoms with Gasteiger partial charge in [-0.1, -0.05) is 30.7 Å². The van der Waals surface area contributed by atoms with E-state index in [0.29, 0.717) is 10.8 Å². The van der Waals surface area contributed by atoms with E-state index >= 15 is 0 Å². The first-order valence-corrected chi connectivity index (χ1v) is 6.34. The molecule has 0 unspecified atom stereocenters. The van der Waals surface area contributed by atoms with Gasteiger partial charge in [-0.05, 0) is 40.0 Å². The van der Waals surface area contributed by atoms with Gasteiger partial charge < -0.3 is 5.73 Å². The number of nitrogen functional groups attached to an aromatic ring is 1. The Bertz CT molecular complexity index is 550. The van der Waals surface area contributed by atoms with Crippen molar-refractivity contribution >= 4 is 33.3 Å². The maximum atomic E-state index is 5.96. The highest BCUT2D eigenvalue weighted by Crippen LogP contribution is 2.28. The molecule has 1 aromatic carbocycles. The van der Waals surface area contributed by atoms with Crippen molar-refractivity contribution in [3.05, 3.63) is 33.4 Å². The molecule has 0 saturated heterocycles. The molecule has 1 heterocycles. The monoisotopic (exact) mass is 314 g/mol. The van der Waals surface area contributed by atoms with Crippen LogP contribution in [0.3, 0.4) is 0 Å². The van der Waals surface area contributed by atoms with Crippen LogP contribution < -0.4 is 5.73 Å². The highest BCUT2D eigenvalue weighted by molar-refractivity contribution is 9.10. The zero-order chi connectivity index (χ0) is 12.6. The fourth-order valence-corrected chi connectivity index (χ4v) is 2.13. The molecule has 2 aromatic rings. The molecule has 0 saturated carbocycles. The topological polar surface area (TPSA) is 56.7 Å². The fourth-order valence-electron chi connectivity index (χ4n) is 1.65. The number of rotatable bonds is 2. The number of hydrogen-bond donors (Lipinski definition) is 1. The van der Waals surface area contributed by atoms with Crippen molar-refractivity contribution in [2.45, 2.75) is 19.8 Å². The molecule has 1 aromatic heterocycles. The first-order chi connectivity index (χ1) is 8.00. The van der Waals surface area contributed by atoms with Crippen LogP contribution in [0.25, 0.3) is 5.69 Å². The van der Waals surface area contributed by atoms with Gasteiger partial charge in [0.2, 0.25) is 0 Å². The molecule has 2 rings (SSSR count). The van der Waals surface area contributed by atoms with Crippen molar-refractivity contribution in [1.82, 2.24) is 15.0 Å². The van der Waals surface area contributed by atoms with Crippen LogP contribution in [0.2, 0.25) is 5.02 Å². The molecule has 90 valence electrons. The van der Waals surface area contributed by atoms with E-state index in [1.165, 1.54) is 0 Å². The average Bonchev–Trinajstić information content (AvgIpc) is 2.64. The highest BCUT2D eigenvalue weighted by atomic mass is 79.9. The number of anilines is 1. The second-order valence-corrected chi connectivity index (χ2v) is 5.29. The predicted octanol–water partition coefficient (Wildman–Crippen LogP) is 3.39. The lowest BCUT2D eigenvalue weighted by Gasteiger charge is -2.10. The molecular formula is C11H12BrClN4. The SMILES string of the molecule is CC(C)c1c(N)nnn1-c1ccc(Cl)c(Br)c1. The molecule has 6 heteroatoms. The van der Waals surface area contributed by atoms with Crippen molar-refractivity contribution in [3.63, 3.8) is 0 Å². The van der Waals surface area contributed by atoms with E-state index < -0.39 is 0 Å². The second-order valence-electron chi connectivity index (χ2n) is 4.02. The first-order valence-electron chi connectivity index (χ1n) is 5.17. The molecule has 0 aliphatic heterocycles. The Balaban J connectivity index is 2.56. The van der Waals surface area contributed by atoms with Crippen molar-refractivity contribution in [3.8, 4) is 5.69 Å². The number of nitrogens with zero attached hydrogens (tertiary/aromatic N) is 3. The predicted molar refractivity (Wildman–Crippen MR) is 72.6 cm³/mol. The van der Waals surface area contributed by atoms with Gasteiger partial charge >= 0.3 is 0 Å². The summed E-state index contributed by atoms with van der Waals surface area (Å²) in [6.45, 7) is 4.10. The van der Waals surface area contributed by atoms with Gasteiger partial charge in [0.25, 0.3) is 0 Å². The Hall–Kier alpha value is -1.07. The summed E-state index contributed by atoms with van der Waals surface area (Å²) in [5, 5.41) is 8.62. The third-order valence-corrected chi connectivity index (χ3v) is 3.64. The maximum Gasteiger partial charge on any atom is 0.169 e. The van der Waals surface area contributed by atoms with E-state index in [0.717, 1.165) is 15.9 Å². The summed E-state index contributed by atoms with van der Waals surface area (Å²) in [5.41, 5.74) is 7.60. The zero-order valence-corrected chi connectivity index (χ0v) is 11.8. The Kier molecular flexibility index (Phi) is 3.40. The normalized spacial score (nSPS) is 11.1. The van der Waals surface area contributed by atoms with E-state index in [2.05, 4.69) is 40.1 Å². The van der Waals surface area contributed by atoms with Crippen LogP contribution >= 0.6 is 27.5 Å². The number of hydrogen-bond acceptors (Lipinski definition) is 3. The van der Waals surface area contributed by atoms with E-state index in [1.807, 2.05) is 18.2 Å². The Labute approximate surface area is 113 Å². The van der Waals surface area contributed by atoms with E-state index in [1.54, 1.807) is 4.68 Å². The number of aromatic nitrogens is 3. The van der Waals surface area contributed by atoms with Crippen LogP contribution in [-0.2, 0) is 0 Å². The van der Waals surface area contributed by atoms with Crippen LogP contribution in [0.5, 0.6) is 0 Å². The average molecular weight is 316 g/mol. The smallest absolute Gasteiger partial charge is 0.169 e. The quantitative estimate of drug-likeness (QED) is 0.924. The minimum absolute atomic E-state index is 0.249. The molecule has 0 spiro atoms. The third-order valence-electron chi connectivity index (χ3n) is 2.43. The lowest BCUT2D eigenvalue weighted by atomic mass is 10.1. The summed E-state index contributed by atoms with van der Waals surface area (Å²) >= 11 is 9.35. The van der Waals surface area contributed by atoms with Gasteiger partial charge in [0, 0.05) is 4.47 Å². The molecule has 0 bridgehead atoms. The zero-order valence-electron chi connectivity index (χ0n) is 9.48. The molecule has 0 atom stereocenters. The molecular weight excluding hydrogens is 304 g/mol. The summed E-state index contributed by atoms with van der Waals surface area (Å²) < 4.78 is 2.56. The van der Waals surface area contributed by atoms with Gasteiger partial charge in [-0.2, -0.15) is 0 Å². The Morgan fingerprint density at radius 2 is 2.12 bits per heavy atom. The minimum Gasteiger partial charge on any atom is -0.381 e. The maximum absolute atomic E-state index is 5.96. The largest absolute Gasteiger partial charge is 0.381 e. The number of benzene rings is 1. The number of nitrogens with two attached hydrogens (primary N) is 1. The minimum atomic E-state index is 0.249. The third kappa shape index (κ3) is 2.30. The second kappa shape index (κ2) is 4.66. The fraction of sp³-hybridized carbons (Fsp3) is 0.273. The molecule has 2 N–H and O–H groups in total. The molecule has 0 aliphatic rings. The van der Waals surface area contributed by atoms with Crippen LogP contribution in [0.15, 0.2) is 22.7 Å². The van der Waals surface area contributed by atoms with E-state index in [4.69, 9.17) is 17.3 Å². The lowest BCUT2D eigenvalue weighted by molar-refractivity contribution is 0.716. The summed E-state index contributed by atoms with van der Waals surface area (Å²) in [4.78, 5) is 0. The molecule has 4 nitrogen and oxygen atoms in total. The van der Waals surface area contributed by atoms with Gasteiger partial charge in [-0.15, -0.1) is 5.10 Å². The van der Waals surface area contributed by atoms with Gasteiger partial charge in [0.1, 0.15) is 0 Å². The summed E-state index contributed by atoms with van der Waals surface area (Å²) in [5.74, 6) is 0.713. The van der Waals surface area contributed by atoms with Crippen molar-refractivity contribution in [2.75, 3.05) is 5.73 Å². The van der Waals surface area contributed by atoms with Gasteiger partial charge in [-0.3, -0.25) is 0 Å². The molecule has 0 radical (unpaired) electrons. The molecule has 0 aliphatic carbocycles. The van der Waals surface area contributed by atoms with E-state index in [9.17, 15) is 0 Å².